The highest BCUT2D eigenvalue weighted by Crippen LogP contribution is 2.09. The average Bonchev–Trinajstić information content (AvgIpc) is 2.18. The molecule has 0 bridgehead atoms. The summed E-state index contributed by atoms with van der Waals surface area (Å²) < 4.78 is 0.614. The molecule has 0 saturated carbocycles. The molecule has 0 aromatic carbocycles. The molecule has 0 N–H and O–H groups in total. The van der Waals surface area contributed by atoms with Crippen molar-refractivity contribution in [2.45, 2.75) is 0 Å². The third-order valence-corrected chi connectivity index (χ3v) is 1.48. The second-order valence-electron chi connectivity index (χ2n) is 2.11. The van der Waals surface area contributed by atoms with Crippen molar-refractivity contribution in [3.8, 4) is 0 Å². The highest BCUT2D eigenvalue weighted by atomic mass is 79.9. The van der Waals surface area contributed by atoms with Gasteiger partial charge in [0.15, 0.2) is 0 Å². The van der Waals surface area contributed by atoms with Gasteiger partial charge in [-0.1, -0.05) is 22.5 Å². The number of rotatable bonds is 2. The predicted molar refractivity (Wildman–Crippen MR) is 43.9 cm³/mol. The minimum Gasteiger partial charge on any atom is -0.270 e. The second kappa shape index (κ2) is 3.00. The van der Waals surface area contributed by atoms with Crippen LogP contribution in [0.3, 0.4) is 0 Å². The van der Waals surface area contributed by atoms with E-state index in [1.165, 1.54) is 12.2 Å². The fourth-order valence-electron chi connectivity index (χ4n) is 0.759. The standard InChI is InChI=1S/C7H6BrNO2/c1-5(8)4-9-6(10)2-3-7(9)11/h2-3H,1,4H2. The van der Waals surface area contributed by atoms with Crippen LogP contribution in [0.2, 0.25) is 0 Å². The van der Waals surface area contributed by atoms with E-state index in [2.05, 4.69) is 22.5 Å². The Morgan fingerprint density at radius 1 is 1.45 bits per heavy atom. The maximum atomic E-state index is 10.9. The predicted octanol–water partition coefficient (Wildman–Crippen LogP) is 0.820. The molecular formula is C7H6BrNO2. The van der Waals surface area contributed by atoms with Gasteiger partial charge in [-0.25, -0.2) is 0 Å². The molecule has 0 aliphatic carbocycles. The first kappa shape index (κ1) is 8.20. The molecule has 1 heterocycles. The smallest absolute Gasteiger partial charge is 0.253 e. The zero-order valence-corrected chi connectivity index (χ0v) is 7.30. The lowest BCUT2D eigenvalue weighted by Crippen LogP contribution is -2.30. The van der Waals surface area contributed by atoms with Gasteiger partial charge in [-0.3, -0.25) is 14.5 Å². The van der Waals surface area contributed by atoms with Crippen LogP contribution in [0.25, 0.3) is 0 Å². The Labute approximate surface area is 72.5 Å². The van der Waals surface area contributed by atoms with Crippen LogP contribution >= 0.6 is 15.9 Å². The second-order valence-corrected chi connectivity index (χ2v) is 3.23. The van der Waals surface area contributed by atoms with E-state index in [0.717, 1.165) is 4.90 Å². The summed E-state index contributed by atoms with van der Waals surface area (Å²) in [4.78, 5) is 22.9. The van der Waals surface area contributed by atoms with Gasteiger partial charge in [0.2, 0.25) is 0 Å². The minimum absolute atomic E-state index is 0.241. The number of hydrogen-bond donors (Lipinski definition) is 0. The fraction of sp³-hybridized carbons (Fsp3) is 0.143. The van der Waals surface area contributed by atoms with Crippen molar-refractivity contribution in [3.63, 3.8) is 0 Å². The van der Waals surface area contributed by atoms with E-state index >= 15 is 0 Å². The summed E-state index contributed by atoms with van der Waals surface area (Å²) in [6.45, 7) is 3.77. The van der Waals surface area contributed by atoms with E-state index in [1.54, 1.807) is 0 Å². The molecule has 0 saturated heterocycles. The normalized spacial score (nSPS) is 16.3. The van der Waals surface area contributed by atoms with Crippen LogP contribution in [0.1, 0.15) is 0 Å². The Morgan fingerprint density at radius 2 is 1.91 bits per heavy atom. The number of imide groups is 1. The molecular weight excluding hydrogens is 210 g/mol. The first-order chi connectivity index (χ1) is 5.11. The third kappa shape index (κ3) is 1.77. The van der Waals surface area contributed by atoms with Crippen molar-refractivity contribution < 1.29 is 9.59 Å². The molecule has 0 spiro atoms. The monoisotopic (exact) mass is 215 g/mol. The Hall–Kier alpha value is -0.900. The Bertz CT molecular complexity index is 239. The van der Waals surface area contributed by atoms with Crippen LogP contribution < -0.4 is 0 Å². The lowest BCUT2D eigenvalue weighted by Gasteiger charge is -2.11. The molecule has 1 rings (SSSR count). The number of halogens is 1. The van der Waals surface area contributed by atoms with Crippen molar-refractivity contribution in [1.82, 2.24) is 4.90 Å². The van der Waals surface area contributed by atoms with Crippen LogP contribution in [0.15, 0.2) is 23.2 Å². The Balaban J connectivity index is 2.66. The first-order valence-electron chi connectivity index (χ1n) is 2.98. The lowest BCUT2D eigenvalue weighted by atomic mass is 10.5. The van der Waals surface area contributed by atoms with Crippen molar-refractivity contribution in [2.24, 2.45) is 0 Å². The van der Waals surface area contributed by atoms with E-state index in [9.17, 15) is 9.59 Å². The topological polar surface area (TPSA) is 37.4 Å². The van der Waals surface area contributed by atoms with Gasteiger partial charge in [0.05, 0.1) is 6.54 Å². The van der Waals surface area contributed by atoms with Crippen LogP contribution in [0, 0.1) is 0 Å². The summed E-state index contributed by atoms with van der Waals surface area (Å²) in [7, 11) is 0. The number of carbonyl (C=O) groups is 2. The average molecular weight is 216 g/mol. The molecule has 58 valence electrons. The van der Waals surface area contributed by atoms with Crippen LogP contribution in [-0.2, 0) is 9.59 Å². The van der Waals surface area contributed by atoms with Gasteiger partial charge in [0.25, 0.3) is 11.8 Å². The first-order valence-corrected chi connectivity index (χ1v) is 3.77. The minimum atomic E-state index is -0.282. The molecule has 0 fully saturated rings. The molecule has 4 heteroatoms. The van der Waals surface area contributed by atoms with Gasteiger partial charge in [-0.05, 0) is 0 Å². The number of carbonyl (C=O) groups excluding carboxylic acids is 2. The van der Waals surface area contributed by atoms with E-state index in [0.29, 0.717) is 4.48 Å². The van der Waals surface area contributed by atoms with Crippen molar-refractivity contribution >= 4 is 27.7 Å². The molecule has 0 radical (unpaired) electrons. The molecule has 1 aliphatic rings. The molecule has 0 atom stereocenters. The zero-order chi connectivity index (χ0) is 8.43. The summed E-state index contributed by atoms with van der Waals surface area (Å²) >= 11 is 3.07. The summed E-state index contributed by atoms with van der Waals surface area (Å²) in [5.41, 5.74) is 0. The van der Waals surface area contributed by atoms with Crippen molar-refractivity contribution in [2.75, 3.05) is 6.54 Å². The molecule has 2 amide bonds. The molecule has 1 aliphatic heterocycles. The highest BCUT2D eigenvalue weighted by molar-refractivity contribution is 9.11. The van der Waals surface area contributed by atoms with Crippen molar-refractivity contribution in [1.29, 1.82) is 0 Å². The van der Waals surface area contributed by atoms with Gasteiger partial charge in [0.1, 0.15) is 0 Å². The van der Waals surface area contributed by atoms with E-state index in [4.69, 9.17) is 0 Å². The van der Waals surface area contributed by atoms with Gasteiger partial charge in [-0.2, -0.15) is 0 Å². The van der Waals surface area contributed by atoms with Gasteiger partial charge < -0.3 is 0 Å². The number of nitrogens with zero attached hydrogens (tertiary/aromatic N) is 1. The Morgan fingerprint density at radius 3 is 2.27 bits per heavy atom. The number of hydrogen-bond acceptors (Lipinski definition) is 2. The maximum Gasteiger partial charge on any atom is 0.253 e. The summed E-state index contributed by atoms with van der Waals surface area (Å²) in [6, 6.07) is 0. The molecule has 0 unspecified atom stereocenters. The highest BCUT2D eigenvalue weighted by Gasteiger charge is 2.22. The maximum absolute atomic E-state index is 10.9. The Kier molecular flexibility index (Phi) is 2.24. The molecule has 0 aromatic heterocycles. The molecule has 3 nitrogen and oxygen atoms in total. The summed E-state index contributed by atoms with van der Waals surface area (Å²) in [6.07, 6.45) is 2.50. The van der Waals surface area contributed by atoms with E-state index < -0.39 is 0 Å². The van der Waals surface area contributed by atoms with Crippen LogP contribution in [0.5, 0.6) is 0 Å². The largest absolute Gasteiger partial charge is 0.270 e. The zero-order valence-electron chi connectivity index (χ0n) is 5.71. The summed E-state index contributed by atoms with van der Waals surface area (Å²) in [5.74, 6) is -0.564. The third-order valence-electron chi connectivity index (χ3n) is 1.23. The SMILES string of the molecule is C=C(Br)CN1C(=O)C=CC1=O. The van der Waals surface area contributed by atoms with Crippen molar-refractivity contribution in [3.05, 3.63) is 23.2 Å². The number of amides is 2. The van der Waals surface area contributed by atoms with Gasteiger partial charge in [-0.15, -0.1) is 0 Å². The summed E-state index contributed by atoms with van der Waals surface area (Å²) in [5, 5.41) is 0. The quantitative estimate of drug-likeness (QED) is 0.640. The fourth-order valence-corrected chi connectivity index (χ4v) is 1.01. The van der Waals surface area contributed by atoms with Gasteiger partial charge >= 0.3 is 0 Å². The van der Waals surface area contributed by atoms with Crippen LogP contribution in [-0.4, -0.2) is 23.3 Å². The van der Waals surface area contributed by atoms with E-state index in [-0.39, 0.29) is 18.4 Å². The lowest BCUT2D eigenvalue weighted by molar-refractivity contribution is -0.136. The van der Waals surface area contributed by atoms with Crippen LogP contribution in [0.4, 0.5) is 0 Å². The van der Waals surface area contributed by atoms with E-state index in [1.807, 2.05) is 0 Å². The molecule has 11 heavy (non-hydrogen) atoms. The van der Waals surface area contributed by atoms with Gasteiger partial charge in [0, 0.05) is 16.6 Å². The molecule has 0 aromatic rings.